The number of anilines is 1. The molecule has 6 atom stereocenters. The predicted octanol–water partition coefficient (Wildman–Crippen LogP) is 2.82. The number of nitrogens with zero attached hydrogens (tertiary/aromatic N) is 2. The number of ether oxygens (including phenoxy) is 2. The number of sulfonamides is 1. The van der Waals surface area contributed by atoms with Crippen molar-refractivity contribution >= 4 is 33.2 Å². The van der Waals surface area contributed by atoms with Crippen LogP contribution in [-0.2, 0) is 24.3 Å². The van der Waals surface area contributed by atoms with Crippen molar-refractivity contribution in [2.45, 2.75) is 48.1 Å². The lowest BCUT2D eigenvalue weighted by molar-refractivity contribution is -0.143. The Bertz CT molecular complexity index is 1350. The minimum Gasteiger partial charge on any atom is -0.366 e. The highest BCUT2D eigenvalue weighted by Gasteiger charge is 2.78. The second kappa shape index (κ2) is 7.26. The van der Waals surface area contributed by atoms with Crippen LogP contribution in [0.3, 0.4) is 0 Å². The van der Waals surface area contributed by atoms with Crippen LogP contribution >= 0.6 is 11.6 Å². The highest BCUT2D eigenvalue weighted by atomic mass is 35.5. The van der Waals surface area contributed by atoms with Gasteiger partial charge in [-0.05, 0) is 43.7 Å². The number of nitrogens with one attached hydrogen (secondary N) is 1. The van der Waals surface area contributed by atoms with Crippen molar-refractivity contribution in [1.82, 2.24) is 4.72 Å². The molecule has 4 aliphatic rings. The van der Waals surface area contributed by atoms with E-state index in [0.29, 0.717) is 30.7 Å². The largest absolute Gasteiger partial charge is 0.366 e. The number of hydrogen-bond donors (Lipinski definition) is 1. The van der Waals surface area contributed by atoms with Gasteiger partial charge in [0.05, 0.1) is 45.3 Å². The summed E-state index contributed by atoms with van der Waals surface area (Å²) in [5.74, 6) is -0.943. The van der Waals surface area contributed by atoms with Gasteiger partial charge in [-0.3, -0.25) is 9.69 Å². The standard InChI is InChI=1S/C24H22ClN3O5S/c1-23-12-18(27-34(30,31)16-5-3-2-4-6-16)24(33-23)9-10-32-22-20(24)19(23)21(29)28(22)15-8-7-14(13-26)17(25)11-15/h2-8,11,18-20,22,27H,9-10,12H2,1H3/t18-,19+,20-,22-,23+,24-/m0/s1. The molecule has 2 aromatic carbocycles. The maximum Gasteiger partial charge on any atom is 0.240 e. The molecule has 0 saturated carbocycles. The lowest BCUT2D eigenvalue weighted by Gasteiger charge is -2.45. The summed E-state index contributed by atoms with van der Waals surface area (Å²) in [7, 11) is -3.77. The normalized spacial score (nSPS) is 35.9. The van der Waals surface area contributed by atoms with Crippen LogP contribution in [0.25, 0.3) is 0 Å². The van der Waals surface area contributed by atoms with Crippen LogP contribution in [0.4, 0.5) is 5.69 Å². The fourth-order valence-electron chi connectivity index (χ4n) is 6.46. The second-order valence-corrected chi connectivity index (χ2v) is 11.7. The molecule has 0 aliphatic carbocycles. The van der Waals surface area contributed by atoms with Gasteiger partial charge in [-0.25, -0.2) is 13.1 Å². The van der Waals surface area contributed by atoms with Crippen molar-refractivity contribution in [3.05, 3.63) is 59.1 Å². The fourth-order valence-corrected chi connectivity index (χ4v) is 7.98. The Morgan fingerprint density at radius 3 is 2.71 bits per heavy atom. The second-order valence-electron chi connectivity index (χ2n) is 9.56. The monoisotopic (exact) mass is 499 g/mol. The number of nitriles is 1. The molecule has 34 heavy (non-hydrogen) atoms. The SMILES string of the molecule is C[C@@]12C[C@H](NS(=O)(=O)c3ccccc3)[C@]3(CCO[C@H]4[C@@H]3[C@@H]1C(=O)N4c1ccc(C#N)c(Cl)c1)O2. The Labute approximate surface area is 202 Å². The Kier molecular flexibility index (Phi) is 4.70. The van der Waals surface area contributed by atoms with Crippen molar-refractivity contribution in [2.24, 2.45) is 11.8 Å². The molecule has 4 saturated heterocycles. The summed E-state index contributed by atoms with van der Waals surface area (Å²) in [5.41, 5.74) is -0.813. The van der Waals surface area contributed by atoms with Crippen LogP contribution in [0.5, 0.6) is 0 Å². The summed E-state index contributed by atoms with van der Waals surface area (Å²) in [4.78, 5) is 15.5. The Balaban J connectivity index is 1.38. The molecule has 0 radical (unpaired) electrons. The quantitative estimate of drug-likeness (QED) is 0.693. The van der Waals surface area contributed by atoms with Crippen molar-refractivity contribution in [2.75, 3.05) is 11.5 Å². The minimum atomic E-state index is -3.77. The number of benzene rings is 2. The first-order valence-electron chi connectivity index (χ1n) is 11.1. The first-order chi connectivity index (χ1) is 16.2. The zero-order valence-corrected chi connectivity index (χ0v) is 19.8. The molecular weight excluding hydrogens is 478 g/mol. The molecule has 6 rings (SSSR count). The van der Waals surface area contributed by atoms with E-state index in [0.717, 1.165) is 0 Å². The molecule has 2 aromatic rings. The van der Waals surface area contributed by atoms with Gasteiger partial charge in [0.1, 0.15) is 12.3 Å². The molecule has 4 heterocycles. The van der Waals surface area contributed by atoms with Gasteiger partial charge < -0.3 is 9.47 Å². The molecule has 4 aliphatic heterocycles. The van der Waals surface area contributed by atoms with Gasteiger partial charge in [-0.2, -0.15) is 5.26 Å². The van der Waals surface area contributed by atoms with Crippen LogP contribution in [-0.4, -0.2) is 44.4 Å². The van der Waals surface area contributed by atoms with Gasteiger partial charge in [-0.1, -0.05) is 29.8 Å². The molecule has 0 aromatic heterocycles. The van der Waals surface area contributed by atoms with Crippen LogP contribution < -0.4 is 9.62 Å². The van der Waals surface area contributed by atoms with E-state index in [2.05, 4.69) is 4.72 Å². The summed E-state index contributed by atoms with van der Waals surface area (Å²) in [6.45, 7) is 2.21. The molecule has 176 valence electrons. The Morgan fingerprint density at radius 2 is 2.00 bits per heavy atom. The number of carbonyl (C=O) groups excluding carboxylic acids is 1. The molecular formula is C24H22ClN3O5S. The predicted molar refractivity (Wildman–Crippen MR) is 122 cm³/mol. The summed E-state index contributed by atoms with van der Waals surface area (Å²) < 4.78 is 41.9. The topological polar surface area (TPSA) is 109 Å². The summed E-state index contributed by atoms with van der Waals surface area (Å²) in [5, 5.41) is 9.46. The van der Waals surface area contributed by atoms with Gasteiger partial charge in [0.2, 0.25) is 15.9 Å². The zero-order chi connectivity index (χ0) is 23.9. The van der Waals surface area contributed by atoms with Gasteiger partial charge in [0, 0.05) is 18.0 Å². The van der Waals surface area contributed by atoms with Crippen molar-refractivity contribution < 1.29 is 22.7 Å². The molecule has 1 amide bonds. The number of rotatable bonds is 4. The lowest BCUT2D eigenvalue weighted by Crippen LogP contribution is -2.61. The van der Waals surface area contributed by atoms with Crippen molar-refractivity contribution in [3.8, 4) is 6.07 Å². The highest BCUT2D eigenvalue weighted by Crippen LogP contribution is 2.65. The third kappa shape index (κ3) is 2.87. The molecule has 10 heteroatoms. The molecule has 2 bridgehead atoms. The number of hydrogen-bond acceptors (Lipinski definition) is 6. The van der Waals surface area contributed by atoms with Crippen LogP contribution in [0.15, 0.2) is 53.4 Å². The molecule has 1 spiro atoms. The molecule has 0 unspecified atom stereocenters. The van der Waals surface area contributed by atoms with E-state index in [9.17, 15) is 18.5 Å². The minimum absolute atomic E-state index is 0.133. The average molecular weight is 500 g/mol. The van der Waals surface area contributed by atoms with Crippen molar-refractivity contribution in [3.63, 3.8) is 0 Å². The first kappa shape index (κ1) is 22.0. The smallest absolute Gasteiger partial charge is 0.240 e. The first-order valence-corrected chi connectivity index (χ1v) is 13.0. The maximum absolute atomic E-state index is 13.7. The third-order valence-electron chi connectivity index (χ3n) is 7.75. The van der Waals surface area contributed by atoms with E-state index in [-0.39, 0.29) is 21.7 Å². The van der Waals surface area contributed by atoms with Gasteiger partial charge in [0.15, 0.2) is 0 Å². The average Bonchev–Trinajstić information content (AvgIpc) is 3.37. The van der Waals surface area contributed by atoms with E-state index < -0.39 is 39.4 Å². The fraction of sp³-hybridized carbons (Fsp3) is 0.417. The summed E-state index contributed by atoms with van der Waals surface area (Å²) >= 11 is 6.26. The summed E-state index contributed by atoms with van der Waals surface area (Å²) in [6.07, 6.45) is 0.263. The number of halogens is 1. The van der Waals surface area contributed by atoms with Crippen LogP contribution in [0.2, 0.25) is 5.02 Å². The van der Waals surface area contributed by atoms with Gasteiger partial charge in [-0.15, -0.1) is 0 Å². The number of fused-ring (bicyclic) bond motifs is 2. The third-order valence-corrected chi connectivity index (χ3v) is 9.55. The Morgan fingerprint density at radius 1 is 1.24 bits per heavy atom. The van der Waals surface area contributed by atoms with E-state index in [4.69, 9.17) is 21.1 Å². The molecule has 4 fully saturated rings. The van der Waals surface area contributed by atoms with E-state index in [1.165, 1.54) is 0 Å². The summed E-state index contributed by atoms with van der Waals surface area (Å²) in [6, 6.07) is 14.7. The van der Waals surface area contributed by atoms with Crippen LogP contribution in [0, 0.1) is 23.2 Å². The highest BCUT2D eigenvalue weighted by molar-refractivity contribution is 7.89. The van der Waals surface area contributed by atoms with Crippen LogP contribution in [0.1, 0.15) is 25.3 Å². The molecule has 8 nitrogen and oxygen atoms in total. The Hall–Kier alpha value is -2.48. The number of amides is 1. The number of carbonyl (C=O) groups is 1. The lowest BCUT2D eigenvalue weighted by atomic mass is 9.64. The van der Waals surface area contributed by atoms with E-state index >= 15 is 0 Å². The maximum atomic E-state index is 13.7. The van der Waals surface area contributed by atoms with Gasteiger partial charge >= 0.3 is 0 Å². The van der Waals surface area contributed by atoms with Crippen molar-refractivity contribution in [1.29, 1.82) is 5.26 Å². The van der Waals surface area contributed by atoms with Gasteiger partial charge in [0.25, 0.3) is 0 Å². The van der Waals surface area contributed by atoms with E-state index in [1.807, 2.05) is 13.0 Å². The zero-order valence-electron chi connectivity index (χ0n) is 18.3. The molecule has 1 N–H and O–H groups in total. The van der Waals surface area contributed by atoms with E-state index in [1.54, 1.807) is 53.4 Å².